The van der Waals surface area contributed by atoms with Crippen LogP contribution in [0.3, 0.4) is 0 Å². The first-order valence-corrected chi connectivity index (χ1v) is 6.58. The fourth-order valence-corrected chi connectivity index (χ4v) is 2.48. The summed E-state index contributed by atoms with van der Waals surface area (Å²) in [5.74, 6) is 0. The highest BCUT2D eigenvalue weighted by Crippen LogP contribution is 2.23. The van der Waals surface area contributed by atoms with E-state index in [1.807, 2.05) is 25.3 Å². The third-order valence-corrected chi connectivity index (χ3v) is 3.27. The van der Waals surface area contributed by atoms with Crippen LogP contribution >= 0.6 is 0 Å². The molecule has 3 nitrogen and oxygen atoms in total. The van der Waals surface area contributed by atoms with Gasteiger partial charge in [0, 0.05) is 25.0 Å². The second-order valence-corrected chi connectivity index (χ2v) is 4.99. The van der Waals surface area contributed by atoms with Crippen molar-refractivity contribution in [2.75, 3.05) is 7.05 Å². The van der Waals surface area contributed by atoms with E-state index in [-0.39, 0.29) is 12.1 Å². The van der Waals surface area contributed by atoms with E-state index in [1.165, 1.54) is 5.56 Å². The zero-order valence-corrected chi connectivity index (χ0v) is 11.5. The summed E-state index contributed by atoms with van der Waals surface area (Å²) in [5.41, 5.74) is 8.61. The highest BCUT2D eigenvalue weighted by molar-refractivity contribution is 5.18. The maximum atomic E-state index is 6.15. The molecule has 2 rings (SSSR count). The summed E-state index contributed by atoms with van der Waals surface area (Å²) in [5, 5.41) is 0. The molecule has 0 saturated carbocycles. The third-order valence-electron chi connectivity index (χ3n) is 3.27. The van der Waals surface area contributed by atoms with Crippen molar-refractivity contribution in [1.29, 1.82) is 0 Å². The van der Waals surface area contributed by atoms with Crippen molar-refractivity contribution >= 4 is 0 Å². The lowest BCUT2D eigenvalue weighted by Crippen LogP contribution is -2.37. The number of rotatable bonds is 5. The highest BCUT2D eigenvalue weighted by Gasteiger charge is 2.21. The minimum Gasteiger partial charge on any atom is -0.326 e. The van der Waals surface area contributed by atoms with Gasteiger partial charge in [0.2, 0.25) is 0 Å². The van der Waals surface area contributed by atoms with E-state index in [0.717, 1.165) is 12.1 Å². The van der Waals surface area contributed by atoms with Crippen molar-refractivity contribution in [2.24, 2.45) is 5.73 Å². The third kappa shape index (κ3) is 3.63. The SMILES string of the molecule is CC(N)C(c1cccnc1)N(C)Cc1ccccc1. The number of hydrogen-bond donors (Lipinski definition) is 1. The zero-order valence-electron chi connectivity index (χ0n) is 11.5. The largest absolute Gasteiger partial charge is 0.326 e. The van der Waals surface area contributed by atoms with Crippen molar-refractivity contribution in [3.05, 3.63) is 66.0 Å². The highest BCUT2D eigenvalue weighted by atomic mass is 15.1. The van der Waals surface area contributed by atoms with Gasteiger partial charge in [0.1, 0.15) is 0 Å². The van der Waals surface area contributed by atoms with Gasteiger partial charge in [-0.05, 0) is 31.2 Å². The van der Waals surface area contributed by atoms with Crippen molar-refractivity contribution in [3.63, 3.8) is 0 Å². The normalized spacial score (nSPS) is 14.3. The molecule has 1 aromatic carbocycles. The molecular weight excluding hydrogens is 234 g/mol. The quantitative estimate of drug-likeness (QED) is 0.893. The zero-order chi connectivity index (χ0) is 13.7. The Bertz CT molecular complexity index is 482. The monoisotopic (exact) mass is 255 g/mol. The molecule has 100 valence electrons. The topological polar surface area (TPSA) is 42.1 Å². The summed E-state index contributed by atoms with van der Waals surface area (Å²) in [6.45, 7) is 2.92. The Morgan fingerprint density at radius 1 is 1.16 bits per heavy atom. The number of hydrogen-bond acceptors (Lipinski definition) is 3. The molecule has 3 heteroatoms. The van der Waals surface area contributed by atoms with Gasteiger partial charge in [0.15, 0.2) is 0 Å². The molecule has 0 amide bonds. The standard InChI is InChI=1S/C16H21N3/c1-13(17)16(15-9-6-10-18-11-15)19(2)12-14-7-4-3-5-8-14/h3-11,13,16H,12,17H2,1-2H3. The van der Waals surface area contributed by atoms with Crippen molar-refractivity contribution in [2.45, 2.75) is 25.6 Å². The van der Waals surface area contributed by atoms with E-state index in [1.54, 1.807) is 6.20 Å². The Labute approximate surface area is 115 Å². The minimum atomic E-state index is 0.0536. The number of benzene rings is 1. The van der Waals surface area contributed by atoms with E-state index in [9.17, 15) is 0 Å². The summed E-state index contributed by atoms with van der Waals surface area (Å²) in [6, 6.07) is 14.7. The van der Waals surface area contributed by atoms with Crippen LogP contribution in [0.5, 0.6) is 0 Å². The fourth-order valence-electron chi connectivity index (χ4n) is 2.48. The van der Waals surface area contributed by atoms with Crippen LogP contribution in [0.4, 0.5) is 0 Å². The summed E-state index contributed by atoms with van der Waals surface area (Å²) in [6.07, 6.45) is 3.69. The lowest BCUT2D eigenvalue weighted by Gasteiger charge is -2.31. The molecule has 0 aliphatic rings. The van der Waals surface area contributed by atoms with Gasteiger partial charge in [-0.3, -0.25) is 9.88 Å². The minimum absolute atomic E-state index is 0.0536. The van der Waals surface area contributed by atoms with Crippen molar-refractivity contribution in [3.8, 4) is 0 Å². The smallest absolute Gasteiger partial charge is 0.0512 e. The number of nitrogens with zero attached hydrogens (tertiary/aromatic N) is 2. The molecule has 2 unspecified atom stereocenters. The van der Waals surface area contributed by atoms with Gasteiger partial charge in [-0.2, -0.15) is 0 Å². The Kier molecular flexibility index (Phi) is 4.66. The Balaban J connectivity index is 2.16. The number of nitrogens with two attached hydrogens (primary N) is 1. The van der Waals surface area contributed by atoms with Gasteiger partial charge in [0.25, 0.3) is 0 Å². The molecule has 0 bridgehead atoms. The van der Waals surface area contributed by atoms with Crippen LogP contribution in [0.2, 0.25) is 0 Å². The lowest BCUT2D eigenvalue weighted by atomic mass is 10.0. The van der Waals surface area contributed by atoms with Gasteiger partial charge in [-0.25, -0.2) is 0 Å². The van der Waals surface area contributed by atoms with Crippen molar-refractivity contribution in [1.82, 2.24) is 9.88 Å². The first kappa shape index (κ1) is 13.7. The van der Waals surface area contributed by atoms with E-state index >= 15 is 0 Å². The number of pyridine rings is 1. The Morgan fingerprint density at radius 3 is 2.47 bits per heavy atom. The van der Waals surface area contributed by atoms with E-state index in [4.69, 9.17) is 5.73 Å². The predicted molar refractivity (Wildman–Crippen MR) is 78.5 cm³/mol. The molecule has 2 N–H and O–H groups in total. The fraction of sp³-hybridized carbons (Fsp3) is 0.312. The molecular formula is C16H21N3. The van der Waals surface area contributed by atoms with Crippen LogP contribution < -0.4 is 5.73 Å². The van der Waals surface area contributed by atoms with Gasteiger partial charge in [0.05, 0.1) is 6.04 Å². The van der Waals surface area contributed by atoms with Crippen LogP contribution in [0.1, 0.15) is 24.1 Å². The molecule has 0 saturated heterocycles. The van der Waals surface area contributed by atoms with Crippen LogP contribution in [0, 0.1) is 0 Å². The number of aromatic nitrogens is 1. The second kappa shape index (κ2) is 6.45. The molecule has 0 aliphatic carbocycles. The van der Waals surface area contributed by atoms with Gasteiger partial charge in [-0.1, -0.05) is 36.4 Å². The molecule has 0 fully saturated rings. The molecule has 0 radical (unpaired) electrons. The summed E-state index contributed by atoms with van der Waals surface area (Å²) in [4.78, 5) is 6.47. The predicted octanol–water partition coefficient (Wildman–Crippen LogP) is 2.60. The molecule has 1 aromatic heterocycles. The Morgan fingerprint density at radius 2 is 1.89 bits per heavy atom. The van der Waals surface area contributed by atoms with E-state index in [2.05, 4.69) is 47.3 Å². The van der Waals surface area contributed by atoms with E-state index in [0.29, 0.717) is 0 Å². The van der Waals surface area contributed by atoms with Crippen molar-refractivity contribution < 1.29 is 0 Å². The average molecular weight is 255 g/mol. The number of likely N-dealkylation sites (N-methyl/N-ethyl adjacent to an activating group) is 1. The summed E-state index contributed by atoms with van der Waals surface area (Å²) < 4.78 is 0. The second-order valence-electron chi connectivity index (χ2n) is 4.99. The molecule has 0 spiro atoms. The Hall–Kier alpha value is -1.71. The maximum Gasteiger partial charge on any atom is 0.0512 e. The summed E-state index contributed by atoms with van der Waals surface area (Å²) >= 11 is 0. The van der Waals surface area contributed by atoms with Gasteiger partial charge >= 0.3 is 0 Å². The van der Waals surface area contributed by atoms with Crippen LogP contribution in [-0.2, 0) is 6.54 Å². The van der Waals surface area contributed by atoms with Gasteiger partial charge < -0.3 is 5.73 Å². The average Bonchev–Trinajstić information content (AvgIpc) is 2.40. The molecule has 1 heterocycles. The molecule has 19 heavy (non-hydrogen) atoms. The first-order valence-electron chi connectivity index (χ1n) is 6.58. The van der Waals surface area contributed by atoms with Crippen LogP contribution in [0.25, 0.3) is 0 Å². The lowest BCUT2D eigenvalue weighted by molar-refractivity contribution is 0.210. The van der Waals surface area contributed by atoms with Crippen LogP contribution in [0.15, 0.2) is 54.9 Å². The molecule has 2 aromatic rings. The summed E-state index contributed by atoms with van der Waals surface area (Å²) in [7, 11) is 2.11. The van der Waals surface area contributed by atoms with E-state index < -0.39 is 0 Å². The maximum absolute atomic E-state index is 6.15. The van der Waals surface area contributed by atoms with Crippen LogP contribution in [-0.4, -0.2) is 23.0 Å². The first-order chi connectivity index (χ1) is 9.18. The van der Waals surface area contributed by atoms with Gasteiger partial charge in [-0.15, -0.1) is 0 Å². The molecule has 0 aliphatic heterocycles. The molecule has 2 atom stereocenters.